The monoisotopic (exact) mass is 127 g/mol. The quantitative estimate of drug-likeness (QED) is 0.596. The molecule has 1 aliphatic rings. The Kier molecular flexibility index (Phi) is 1.80. The van der Waals surface area contributed by atoms with E-state index in [4.69, 9.17) is 0 Å². The second kappa shape index (κ2) is 2.30. The third-order valence-corrected chi connectivity index (χ3v) is 2.87. The summed E-state index contributed by atoms with van der Waals surface area (Å²) in [7, 11) is 0. The van der Waals surface area contributed by atoms with E-state index in [2.05, 4.69) is 26.1 Å². The highest BCUT2D eigenvalue weighted by atomic mass is 15.0. The van der Waals surface area contributed by atoms with Crippen LogP contribution in [0, 0.1) is 5.92 Å². The van der Waals surface area contributed by atoms with Gasteiger partial charge in [-0.15, -0.1) is 0 Å². The summed E-state index contributed by atoms with van der Waals surface area (Å²) in [6.45, 7) is 8.13. The van der Waals surface area contributed by atoms with Crippen LogP contribution in [0.25, 0.3) is 0 Å². The van der Waals surface area contributed by atoms with Crippen molar-refractivity contribution in [1.82, 2.24) is 5.32 Å². The Morgan fingerprint density at radius 2 is 2.22 bits per heavy atom. The van der Waals surface area contributed by atoms with E-state index < -0.39 is 0 Å². The minimum absolute atomic E-state index is 0.481. The molecular formula is C8H17N. The third-order valence-electron chi connectivity index (χ3n) is 2.87. The summed E-state index contributed by atoms with van der Waals surface area (Å²) in [5.41, 5.74) is 0.481. The highest BCUT2D eigenvalue weighted by molar-refractivity contribution is 4.95. The van der Waals surface area contributed by atoms with Crippen molar-refractivity contribution in [1.29, 1.82) is 0 Å². The molecule has 0 bridgehead atoms. The number of hydrogen-bond acceptors (Lipinski definition) is 1. The number of nitrogens with one attached hydrogen (secondary N) is 1. The van der Waals surface area contributed by atoms with Gasteiger partial charge in [0.25, 0.3) is 0 Å². The molecule has 2 atom stereocenters. The Labute approximate surface area is 57.8 Å². The standard InChI is InChI=1S/C8H17N/c1-4-7(2)8(3)5-6-9-8/h7,9H,4-6H2,1-3H3. The number of hydrogen-bond donors (Lipinski definition) is 1. The van der Waals surface area contributed by atoms with Crippen LogP contribution >= 0.6 is 0 Å². The zero-order valence-electron chi connectivity index (χ0n) is 6.70. The molecule has 0 amide bonds. The average Bonchev–Trinajstić information content (AvgIpc) is 1.81. The fourth-order valence-corrected chi connectivity index (χ4v) is 1.39. The molecular weight excluding hydrogens is 110 g/mol. The minimum Gasteiger partial charge on any atom is -0.311 e. The first-order valence-electron chi connectivity index (χ1n) is 3.94. The fraction of sp³-hybridized carbons (Fsp3) is 1.00. The van der Waals surface area contributed by atoms with Gasteiger partial charge in [0.05, 0.1) is 0 Å². The van der Waals surface area contributed by atoms with Crippen LogP contribution in [0.4, 0.5) is 0 Å². The predicted octanol–water partition coefficient (Wildman–Crippen LogP) is 1.78. The topological polar surface area (TPSA) is 12.0 Å². The summed E-state index contributed by atoms with van der Waals surface area (Å²) >= 11 is 0. The van der Waals surface area contributed by atoms with Crippen molar-refractivity contribution in [3.63, 3.8) is 0 Å². The maximum absolute atomic E-state index is 3.47. The Balaban J connectivity index is 2.38. The van der Waals surface area contributed by atoms with Crippen molar-refractivity contribution in [2.75, 3.05) is 6.54 Å². The van der Waals surface area contributed by atoms with Crippen LogP contribution in [-0.4, -0.2) is 12.1 Å². The van der Waals surface area contributed by atoms with Gasteiger partial charge in [0, 0.05) is 5.54 Å². The van der Waals surface area contributed by atoms with Crippen LogP contribution < -0.4 is 5.32 Å². The SMILES string of the molecule is CCC(C)C1(C)CCN1. The lowest BCUT2D eigenvalue weighted by Crippen LogP contribution is -2.58. The zero-order valence-corrected chi connectivity index (χ0v) is 6.70. The normalized spacial score (nSPS) is 37.7. The highest BCUT2D eigenvalue weighted by Gasteiger charge is 2.35. The molecule has 54 valence electrons. The Morgan fingerprint density at radius 3 is 2.33 bits per heavy atom. The van der Waals surface area contributed by atoms with E-state index in [0.29, 0.717) is 5.54 Å². The van der Waals surface area contributed by atoms with Crippen molar-refractivity contribution in [2.24, 2.45) is 5.92 Å². The molecule has 0 aromatic rings. The molecule has 1 N–H and O–H groups in total. The van der Waals surface area contributed by atoms with Gasteiger partial charge in [-0.3, -0.25) is 0 Å². The first kappa shape index (κ1) is 7.07. The fourth-order valence-electron chi connectivity index (χ4n) is 1.39. The minimum atomic E-state index is 0.481. The molecule has 1 heteroatoms. The lowest BCUT2D eigenvalue weighted by atomic mass is 9.77. The Hall–Kier alpha value is -0.0400. The average molecular weight is 127 g/mol. The van der Waals surface area contributed by atoms with Gasteiger partial charge in [-0.1, -0.05) is 20.3 Å². The van der Waals surface area contributed by atoms with Crippen molar-refractivity contribution in [3.8, 4) is 0 Å². The molecule has 1 rings (SSSR count). The Bertz CT molecular complexity index is 94.7. The molecule has 0 spiro atoms. The van der Waals surface area contributed by atoms with E-state index in [9.17, 15) is 0 Å². The summed E-state index contributed by atoms with van der Waals surface area (Å²) in [5.74, 6) is 0.839. The Morgan fingerprint density at radius 1 is 1.67 bits per heavy atom. The molecule has 0 aromatic carbocycles. The summed E-state index contributed by atoms with van der Waals surface area (Å²) in [6, 6.07) is 0. The second-order valence-corrected chi connectivity index (χ2v) is 3.40. The van der Waals surface area contributed by atoms with E-state index >= 15 is 0 Å². The molecule has 0 aromatic heterocycles. The first-order valence-corrected chi connectivity index (χ1v) is 3.94. The van der Waals surface area contributed by atoms with Gasteiger partial charge < -0.3 is 5.32 Å². The van der Waals surface area contributed by atoms with Crippen LogP contribution in [0.2, 0.25) is 0 Å². The first-order chi connectivity index (χ1) is 4.19. The van der Waals surface area contributed by atoms with E-state index in [0.717, 1.165) is 5.92 Å². The lowest BCUT2D eigenvalue weighted by molar-refractivity contribution is 0.148. The van der Waals surface area contributed by atoms with Crippen LogP contribution in [0.15, 0.2) is 0 Å². The summed E-state index contributed by atoms with van der Waals surface area (Å²) in [4.78, 5) is 0. The van der Waals surface area contributed by atoms with E-state index in [1.54, 1.807) is 0 Å². The predicted molar refractivity (Wildman–Crippen MR) is 40.5 cm³/mol. The van der Waals surface area contributed by atoms with E-state index in [1.807, 2.05) is 0 Å². The van der Waals surface area contributed by atoms with Gasteiger partial charge in [0.1, 0.15) is 0 Å². The zero-order chi connectivity index (χ0) is 6.91. The molecule has 0 saturated carbocycles. The highest BCUT2D eigenvalue weighted by Crippen LogP contribution is 2.28. The molecule has 1 saturated heterocycles. The van der Waals surface area contributed by atoms with Crippen LogP contribution in [0.5, 0.6) is 0 Å². The summed E-state index contributed by atoms with van der Waals surface area (Å²) in [6.07, 6.45) is 2.66. The molecule has 0 aliphatic carbocycles. The van der Waals surface area contributed by atoms with Crippen molar-refractivity contribution in [3.05, 3.63) is 0 Å². The smallest absolute Gasteiger partial charge is 0.0190 e. The molecule has 1 heterocycles. The lowest BCUT2D eigenvalue weighted by Gasteiger charge is -2.44. The van der Waals surface area contributed by atoms with Crippen LogP contribution in [0.3, 0.4) is 0 Å². The van der Waals surface area contributed by atoms with Crippen molar-refractivity contribution >= 4 is 0 Å². The van der Waals surface area contributed by atoms with Crippen LogP contribution in [-0.2, 0) is 0 Å². The van der Waals surface area contributed by atoms with E-state index in [1.165, 1.54) is 19.4 Å². The van der Waals surface area contributed by atoms with Crippen LogP contribution in [0.1, 0.15) is 33.6 Å². The molecule has 1 fully saturated rings. The summed E-state index contributed by atoms with van der Waals surface area (Å²) in [5, 5.41) is 3.47. The van der Waals surface area contributed by atoms with Gasteiger partial charge >= 0.3 is 0 Å². The van der Waals surface area contributed by atoms with Crippen molar-refractivity contribution < 1.29 is 0 Å². The van der Waals surface area contributed by atoms with Gasteiger partial charge in [-0.2, -0.15) is 0 Å². The summed E-state index contributed by atoms with van der Waals surface area (Å²) < 4.78 is 0. The maximum Gasteiger partial charge on any atom is 0.0190 e. The molecule has 0 radical (unpaired) electrons. The largest absolute Gasteiger partial charge is 0.311 e. The van der Waals surface area contributed by atoms with E-state index in [-0.39, 0.29) is 0 Å². The van der Waals surface area contributed by atoms with Gasteiger partial charge in [-0.05, 0) is 25.8 Å². The van der Waals surface area contributed by atoms with Gasteiger partial charge in [0.2, 0.25) is 0 Å². The third kappa shape index (κ3) is 1.11. The molecule has 1 nitrogen and oxygen atoms in total. The van der Waals surface area contributed by atoms with Gasteiger partial charge in [-0.25, -0.2) is 0 Å². The second-order valence-electron chi connectivity index (χ2n) is 3.40. The molecule has 2 unspecified atom stereocenters. The van der Waals surface area contributed by atoms with Crippen molar-refractivity contribution in [2.45, 2.75) is 39.2 Å². The molecule has 1 aliphatic heterocycles. The maximum atomic E-state index is 3.47. The van der Waals surface area contributed by atoms with Gasteiger partial charge in [0.15, 0.2) is 0 Å². The number of rotatable bonds is 2. The molecule has 9 heavy (non-hydrogen) atoms.